The van der Waals surface area contributed by atoms with Crippen LogP contribution in [0, 0.1) is 5.92 Å². The van der Waals surface area contributed by atoms with E-state index in [9.17, 15) is 0 Å². The van der Waals surface area contributed by atoms with Crippen molar-refractivity contribution in [1.82, 2.24) is 0 Å². The molecule has 0 radical (unpaired) electrons. The molecule has 0 atom stereocenters. The van der Waals surface area contributed by atoms with Gasteiger partial charge in [0.1, 0.15) is 0 Å². The average Bonchev–Trinajstić information content (AvgIpc) is 1.91. The van der Waals surface area contributed by atoms with Gasteiger partial charge in [0, 0.05) is 0 Å². The van der Waals surface area contributed by atoms with Gasteiger partial charge in [-0.05, 0) is 5.92 Å². The van der Waals surface area contributed by atoms with E-state index < -0.39 is 0 Å². The highest BCUT2D eigenvalue weighted by atomic mass is 35.5. The van der Waals surface area contributed by atoms with Crippen LogP contribution < -0.4 is 0 Å². The van der Waals surface area contributed by atoms with Crippen LogP contribution in [0.3, 0.4) is 0 Å². The molecule has 0 nitrogen and oxygen atoms in total. The molecule has 1 aliphatic rings. The third kappa shape index (κ3) is 2.62. The summed E-state index contributed by atoms with van der Waals surface area (Å²) in [6.45, 7) is 0.866. The number of halogens is 1. The molecule has 0 aromatic heterocycles. The first kappa shape index (κ1) is 7.46. The third-order valence-corrected chi connectivity index (χ3v) is 2.46. The molecule has 1 saturated carbocycles. The second-order valence-corrected chi connectivity index (χ2v) is 3.36. The largest absolute Gasteiger partial charge is 0.233 e. The van der Waals surface area contributed by atoms with Gasteiger partial charge in [-0.1, -0.05) is 38.4 Å². The number of hydrogen-bond donors (Lipinski definition) is 0. The second-order valence-electron chi connectivity index (χ2n) is 2.98. The summed E-state index contributed by atoms with van der Waals surface area (Å²) in [5.74, 6) is 0.969. The van der Waals surface area contributed by atoms with E-state index in [4.69, 9.17) is 11.5 Å². The molecule has 2 heteroatoms. The molecule has 52 valence electrons. The van der Waals surface area contributed by atoms with E-state index in [1.807, 2.05) is 0 Å². The monoisotopic (exact) mass is 144 g/mol. The van der Waals surface area contributed by atoms with Gasteiger partial charge in [0.2, 0.25) is 6.69 Å². The van der Waals surface area contributed by atoms with Crippen molar-refractivity contribution in [3.8, 4) is 0 Å². The van der Waals surface area contributed by atoms with Crippen molar-refractivity contribution in [2.75, 3.05) is 0 Å². The summed E-state index contributed by atoms with van der Waals surface area (Å²) < 4.78 is 0. The fourth-order valence-corrected chi connectivity index (χ4v) is 1.94. The zero-order valence-electron chi connectivity index (χ0n) is 5.91. The molecule has 1 fully saturated rings. The molecular formula is C7H14BCl. The van der Waals surface area contributed by atoms with Crippen LogP contribution in [0.15, 0.2) is 0 Å². The molecule has 0 amide bonds. The Kier molecular flexibility index (Phi) is 3.49. The summed E-state index contributed by atoms with van der Waals surface area (Å²) in [6.07, 6.45) is 8.48. The molecule has 0 aliphatic heterocycles. The maximum Gasteiger partial charge on any atom is 0.233 e. The maximum absolute atomic E-state index is 5.63. The van der Waals surface area contributed by atoms with E-state index in [-0.39, 0.29) is 0 Å². The molecule has 0 N–H and O–H groups in total. The van der Waals surface area contributed by atoms with Gasteiger partial charge in [-0.2, -0.15) is 0 Å². The van der Waals surface area contributed by atoms with Gasteiger partial charge in [0.25, 0.3) is 0 Å². The Morgan fingerprint density at radius 3 is 2.44 bits per heavy atom. The molecule has 0 bridgehead atoms. The van der Waals surface area contributed by atoms with Gasteiger partial charge >= 0.3 is 0 Å². The summed E-state index contributed by atoms with van der Waals surface area (Å²) in [7, 11) is 0. The van der Waals surface area contributed by atoms with Crippen LogP contribution in [0.1, 0.15) is 32.1 Å². The van der Waals surface area contributed by atoms with Crippen molar-refractivity contribution in [2.24, 2.45) is 5.92 Å². The van der Waals surface area contributed by atoms with Crippen molar-refractivity contribution < 1.29 is 0 Å². The standard InChI is InChI=1S/C7H14BCl/c9-8-6-7-4-2-1-3-5-7/h7-8H,1-6H2. The third-order valence-electron chi connectivity index (χ3n) is 2.24. The Bertz CT molecular complexity index is 66.6. The number of rotatable bonds is 2. The smallest absolute Gasteiger partial charge is 0.201 e. The Balaban J connectivity index is 2.08. The van der Waals surface area contributed by atoms with E-state index in [2.05, 4.69) is 0 Å². The van der Waals surface area contributed by atoms with Crippen molar-refractivity contribution in [3.05, 3.63) is 0 Å². The Morgan fingerprint density at radius 1 is 1.22 bits per heavy atom. The topological polar surface area (TPSA) is 0 Å². The summed E-state index contributed by atoms with van der Waals surface area (Å²) in [6, 6.07) is 0. The maximum atomic E-state index is 5.63. The minimum atomic E-state index is 0.866. The van der Waals surface area contributed by atoms with E-state index >= 15 is 0 Å². The quantitative estimate of drug-likeness (QED) is 0.523. The van der Waals surface area contributed by atoms with Crippen molar-refractivity contribution in [2.45, 2.75) is 38.4 Å². The Labute approximate surface area is 63.1 Å². The molecule has 1 aliphatic carbocycles. The van der Waals surface area contributed by atoms with Gasteiger partial charge < -0.3 is 0 Å². The highest BCUT2D eigenvalue weighted by Gasteiger charge is 2.11. The average molecular weight is 144 g/mol. The van der Waals surface area contributed by atoms with Crippen LogP contribution in [0.2, 0.25) is 6.32 Å². The fourth-order valence-electron chi connectivity index (χ4n) is 1.63. The molecule has 1 rings (SSSR count). The van der Waals surface area contributed by atoms with Gasteiger partial charge in [-0.15, -0.1) is 0 Å². The Hall–Kier alpha value is 0.355. The summed E-state index contributed by atoms with van der Waals surface area (Å²) >= 11 is 5.63. The highest BCUT2D eigenvalue weighted by molar-refractivity contribution is 6.93. The molecule has 0 spiro atoms. The lowest BCUT2D eigenvalue weighted by Gasteiger charge is -2.19. The van der Waals surface area contributed by atoms with Crippen molar-refractivity contribution in [3.63, 3.8) is 0 Å². The lowest BCUT2D eigenvalue weighted by atomic mass is 9.80. The van der Waals surface area contributed by atoms with E-state index in [0.29, 0.717) is 0 Å². The molecule has 0 unspecified atom stereocenters. The van der Waals surface area contributed by atoms with Crippen LogP contribution in [0.5, 0.6) is 0 Å². The first-order valence-electron chi connectivity index (χ1n) is 3.99. The van der Waals surface area contributed by atoms with Crippen LogP contribution in [-0.4, -0.2) is 6.69 Å². The van der Waals surface area contributed by atoms with Crippen molar-refractivity contribution in [1.29, 1.82) is 0 Å². The minimum Gasteiger partial charge on any atom is -0.201 e. The van der Waals surface area contributed by atoms with Crippen LogP contribution >= 0.6 is 11.5 Å². The molecule has 0 heterocycles. The van der Waals surface area contributed by atoms with Gasteiger partial charge in [-0.25, -0.2) is 11.5 Å². The van der Waals surface area contributed by atoms with Crippen molar-refractivity contribution >= 4 is 18.2 Å². The Morgan fingerprint density at radius 2 is 1.89 bits per heavy atom. The van der Waals surface area contributed by atoms with Gasteiger partial charge in [-0.3, -0.25) is 0 Å². The lowest BCUT2D eigenvalue weighted by molar-refractivity contribution is 0.385. The molecule has 0 saturated heterocycles. The molecular weight excluding hydrogens is 130 g/mol. The lowest BCUT2D eigenvalue weighted by Crippen LogP contribution is -2.06. The van der Waals surface area contributed by atoms with E-state index in [0.717, 1.165) is 12.6 Å². The normalized spacial score (nSPS) is 21.9. The van der Waals surface area contributed by atoms with Crippen LogP contribution in [0.25, 0.3) is 0 Å². The summed E-state index contributed by atoms with van der Waals surface area (Å²) in [5, 5.41) is 0. The van der Waals surface area contributed by atoms with Crippen LogP contribution in [-0.2, 0) is 0 Å². The molecule has 0 aromatic rings. The predicted molar refractivity (Wildman–Crippen MR) is 44.4 cm³/mol. The van der Waals surface area contributed by atoms with Gasteiger partial charge in [0.15, 0.2) is 0 Å². The minimum absolute atomic E-state index is 0.866. The highest BCUT2D eigenvalue weighted by Crippen LogP contribution is 2.26. The zero-order valence-corrected chi connectivity index (χ0v) is 6.66. The van der Waals surface area contributed by atoms with E-state index in [1.165, 1.54) is 38.4 Å². The van der Waals surface area contributed by atoms with Gasteiger partial charge in [0.05, 0.1) is 0 Å². The molecule has 9 heavy (non-hydrogen) atoms. The fraction of sp³-hybridized carbons (Fsp3) is 1.00. The second kappa shape index (κ2) is 4.22. The SMILES string of the molecule is ClBCC1CCCCC1. The predicted octanol–water partition coefficient (Wildman–Crippen LogP) is 2.58. The summed E-state index contributed by atoms with van der Waals surface area (Å²) in [5.41, 5.74) is 0. The zero-order chi connectivity index (χ0) is 6.53. The first-order chi connectivity index (χ1) is 4.43. The van der Waals surface area contributed by atoms with E-state index in [1.54, 1.807) is 0 Å². The number of hydrogen-bond acceptors (Lipinski definition) is 0. The summed E-state index contributed by atoms with van der Waals surface area (Å²) in [4.78, 5) is 0. The first-order valence-corrected chi connectivity index (χ1v) is 4.53. The molecule has 0 aromatic carbocycles. The van der Waals surface area contributed by atoms with Crippen LogP contribution in [0.4, 0.5) is 0 Å².